The molecule has 0 aromatic carbocycles. The quantitative estimate of drug-likeness (QED) is 0.762. The third-order valence-corrected chi connectivity index (χ3v) is 3.68. The van der Waals surface area contributed by atoms with E-state index in [1.54, 1.807) is 12.4 Å². The van der Waals surface area contributed by atoms with Gasteiger partial charge in [-0.15, -0.1) is 0 Å². The van der Waals surface area contributed by atoms with E-state index in [0.717, 1.165) is 18.5 Å². The zero-order valence-electron chi connectivity index (χ0n) is 12.3. The van der Waals surface area contributed by atoms with Crippen molar-refractivity contribution in [1.82, 2.24) is 20.7 Å². The third-order valence-electron chi connectivity index (χ3n) is 3.68. The molecule has 6 heteroatoms. The van der Waals surface area contributed by atoms with E-state index in [0.29, 0.717) is 25.9 Å². The molecule has 2 N–H and O–H groups in total. The highest BCUT2D eigenvalue weighted by atomic mass is 16.2. The fourth-order valence-electron chi connectivity index (χ4n) is 2.51. The van der Waals surface area contributed by atoms with Gasteiger partial charge in [0.15, 0.2) is 0 Å². The Morgan fingerprint density at radius 3 is 2.86 bits per heavy atom. The van der Waals surface area contributed by atoms with Crippen LogP contribution in [0, 0.1) is 5.92 Å². The number of aromatic nitrogens is 1. The number of nitrogens with one attached hydrogen (secondary N) is 2. The molecule has 1 aromatic heterocycles. The van der Waals surface area contributed by atoms with Crippen LogP contribution in [0.2, 0.25) is 0 Å². The van der Waals surface area contributed by atoms with Crippen LogP contribution in [0.3, 0.4) is 0 Å². The molecule has 1 fully saturated rings. The minimum Gasteiger partial charge on any atom is -0.342 e. The first-order valence-electron chi connectivity index (χ1n) is 7.37. The van der Waals surface area contributed by atoms with Crippen LogP contribution in [0.25, 0.3) is 0 Å². The number of likely N-dealkylation sites (tertiary alicyclic amines) is 1. The second-order valence-corrected chi connectivity index (χ2v) is 5.31. The Labute approximate surface area is 124 Å². The van der Waals surface area contributed by atoms with Crippen LogP contribution in [0.15, 0.2) is 24.5 Å². The minimum absolute atomic E-state index is 0.0279. The Morgan fingerprint density at radius 2 is 2.14 bits per heavy atom. The zero-order valence-corrected chi connectivity index (χ0v) is 12.3. The van der Waals surface area contributed by atoms with Gasteiger partial charge < -0.3 is 4.90 Å². The fraction of sp³-hybridized carbons (Fsp3) is 0.533. The zero-order chi connectivity index (χ0) is 15.1. The maximum Gasteiger partial charge on any atom is 0.234 e. The summed E-state index contributed by atoms with van der Waals surface area (Å²) in [4.78, 5) is 29.2. The lowest BCUT2D eigenvalue weighted by molar-refractivity contribution is -0.130. The Bertz CT molecular complexity index is 478. The average molecular weight is 290 g/mol. The van der Waals surface area contributed by atoms with E-state index in [1.807, 2.05) is 24.0 Å². The van der Waals surface area contributed by atoms with Crippen LogP contribution < -0.4 is 10.9 Å². The molecule has 1 unspecified atom stereocenters. The van der Waals surface area contributed by atoms with E-state index in [1.165, 1.54) is 0 Å². The monoisotopic (exact) mass is 290 g/mol. The highest BCUT2D eigenvalue weighted by Gasteiger charge is 2.26. The van der Waals surface area contributed by atoms with Gasteiger partial charge in [-0.2, -0.15) is 0 Å². The molecule has 114 valence electrons. The highest BCUT2D eigenvalue weighted by Crippen LogP contribution is 2.19. The molecule has 0 aliphatic carbocycles. The van der Waals surface area contributed by atoms with Gasteiger partial charge in [-0.3, -0.25) is 20.0 Å². The first-order chi connectivity index (χ1) is 10.2. The Morgan fingerprint density at radius 1 is 1.38 bits per heavy atom. The van der Waals surface area contributed by atoms with E-state index in [9.17, 15) is 9.59 Å². The van der Waals surface area contributed by atoms with Crippen LogP contribution in [0.4, 0.5) is 0 Å². The number of pyridine rings is 1. The van der Waals surface area contributed by atoms with Crippen molar-refractivity contribution in [2.75, 3.05) is 13.1 Å². The number of hydrogen-bond acceptors (Lipinski definition) is 4. The SMILES string of the molecule is CCC(=O)N1CCC(CC(=O)NNCc2ccncc2)C1. The Kier molecular flexibility index (Phi) is 5.68. The number of amides is 2. The van der Waals surface area contributed by atoms with Crippen LogP contribution in [-0.4, -0.2) is 34.8 Å². The van der Waals surface area contributed by atoms with Gasteiger partial charge in [0.25, 0.3) is 0 Å². The molecule has 1 aromatic rings. The smallest absolute Gasteiger partial charge is 0.234 e. The fourth-order valence-corrected chi connectivity index (χ4v) is 2.51. The highest BCUT2D eigenvalue weighted by molar-refractivity contribution is 5.77. The van der Waals surface area contributed by atoms with Gasteiger partial charge >= 0.3 is 0 Å². The summed E-state index contributed by atoms with van der Waals surface area (Å²) in [6.07, 6.45) is 5.33. The number of nitrogens with zero attached hydrogens (tertiary/aromatic N) is 2. The summed E-state index contributed by atoms with van der Waals surface area (Å²) >= 11 is 0. The van der Waals surface area contributed by atoms with Gasteiger partial charge in [0.05, 0.1) is 0 Å². The molecule has 0 radical (unpaired) electrons. The van der Waals surface area contributed by atoms with Crippen molar-refractivity contribution in [3.8, 4) is 0 Å². The lowest BCUT2D eigenvalue weighted by Crippen LogP contribution is -2.38. The number of rotatable bonds is 6. The van der Waals surface area contributed by atoms with Gasteiger partial charge in [0.2, 0.25) is 11.8 Å². The number of hydrogen-bond donors (Lipinski definition) is 2. The topological polar surface area (TPSA) is 74.3 Å². The molecule has 1 aliphatic rings. The molecule has 6 nitrogen and oxygen atoms in total. The molecular formula is C15H22N4O2. The second kappa shape index (κ2) is 7.73. The standard InChI is InChI=1S/C15H22N4O2/c1-2-15(21)19-8-5-13(11-19)9-14(20)18-17-10-12-3-6-16-7-4-12/h3-4,6-7,13,17H,2,5,8-11H2,1H3,(H,18,20). The largest absolute Gasteiger partial charge is 0.342 e. The normalized spacial score (nSPS) is 17.8. The van der Waals surface area contributed by atoms with Crippen molar-refractivity contribution in [3.05, 3.63) is 30.1 Å². The maximum absolute atomic E-state index is 11.8. The van der Waals surface area contributed by atoms with E-state index in [2.05, 4.69) is 15.8 Å². The van der Waals surface area contributed by atoms with Crippen molar-refractivity contribution in [1.29, 1.82) is 0 Å². The molecule has 1 aliphatic heterocycles. The predicted octanol–water partition coefficient (Wildman–Crippen LogP) is 0.851. The predicted molar refractivity (Wildman–Crippen MR) is 78.8 cm³/mol. The van der Waals surface area contributed by atoms with Crippen LogP contribution in [0.5, 0.6) is 0 Å². The van der Waals surface area contributed by atoms with Gasteiger partial charge in [-0.25, -0.2) is 5.43 Å². The summed E-state index contributed by atoms with van der Waals surface area (Å²) < 4.78 is 0. The molecule has 2 heterocycles. The number of hydrazine groups is 1. The number of carbonyl (C=O) groups is 2. The molecular weight excluding hydrogens is 268 g/mol. The summed E-state index contributed by atoms with van der Waals surface area (Å²) in [5.41, 5.74) is 6.68. The lowest BCUT2D eigenvalue weighted by atomic mass is 10.1. The maximum atomic E-state index is 11.8. The van der Waals surface area contributed by atoms with E-state index < -0.39 is 0 Å². The third kappa shape index (κ3) is 4.82. The van der Waals surface area contributed by atoms with Crippen molar-refractivity contribution in [2.24, 2.45) is 5.92 Å². The van der Waals surface area contributed by atoms with E-state index >= 15 is 0 Å². The second-order valence-electron chi connectivity index (χ2n) is 5.31. The van der Waals surface area contributed by atoms with Crippen LogP contribution >= 0.6 is 0 Å². The molecule has 21 heavy (non-hydrogen) atoms. The molecule has 0 spiro atoms. The van der Waals surface area contributed by atoms with Gasteiger partial charge in [0, 0.05) is 44.9 Å². The van der Waals surface area contributed by atoms with E-state index in [4.69, 9.17) is 0 Å². The lowest BCUT2D eigenvalue weighted by Gasteiger charge is -2.15. The van der Waals surface area contributed by atoms with Gasteiger partial charge in [0.1, 0.15) is 0 Å². The molecule has 2 amide bonds. The first kappa shape index (κ1) is 15.4. The van der Waals surface area contributed by atoms with Crippen LogP contribution in [-0.2, 0) is 16.1 Å². The molecule has 0 bridgehead atoms. The Balaban J connectivity index is 1.65. The van der Waals surface area contributed by atoms with Crippen molar-refractivity contribution in [3.63, 3.8) is 0 Å². The molecule has 1 saturated heterocycles. The van der Waals surface area contributed by atoms with Gasteiger partial charge in [-0.1, -0.05) is 6.92 Å². The summed E-state index contributed by atoms with van der Waals surface area (Å²) in [7, 11) is 0. The van der Waals surface area contributed by atoms with Crippen molar-refractivity contribution < 1.29 is 9.59 Å². The van der Waals surface area contributed by atoms with Crippen molar-refractivity contribution >= 4 is 11.8 Å². The summed E-state index contributed by atoms with van der Waals surface area (Å²) in [5.74, 6) is 0.414. The van der Waals surface area contributed by atoms with Crippen molar-refractivity contribution in [2.45, 2.75) is 32.7 Å². The summed E-state index contributed by atoms with van der Waals surface area (Å²) in [6, 6.07) is 3.79. The van der Waals surface area contributed by atoms with Crippen LogP contribution in [0.1, 0.15) is 31.7 Å². The molecule has 0 saturated carbocycles. The Hall–Kier alpha value is -1.95. The average Bonchev–Trinajstić information content (AvgIpc) is 2.96. The van der Waals surface area contributed by atoms with E-state index in [-0.39, 0.29) is 17.7 Å². The molecule has 2 rings (SSSR count). The van der Waals surface area contributed by atoms with Gasteiger partial charge in [-0.05, 0) is 30.0 Å². The summed E-state index contributed by atoms with van der Waals surface area (Å²) in [6.45, 7) is 3.91. The summed E-state index contributed by atoms with van der Waals surface area (Å²) in [5, 5.41) is 0. The minimum atomic E-state index is -0.0279. The number of carbonyl (C=O) groups excluding carboxylic acids is 2. The first-order valence-corrected chi connectivity index (χ1v) is 7.37. The molecule has 1 atom stereocenters.